The summed E-state index contributed by atoms with van der Waals surface area (Å²) in [6.07, 6.45) is 6.09. The van der Waals surface area contributed by atoms with Crippen LogP contribution in [0.1, 0.15) is 65.7 Å². The molecular weight excluding hydrogens is 338 g/mol. The summed E-state index contributed by atoms with van der Waals surface area (Å²) < 4.78 is 0. The van der Waals surface area contributed by atoms with Gasteiger partial charge in [-0.25, -0.2) is 0 Å². The third-order valence-electron chi connectivity index (χ3n) is 4.92. The topological polar surface area (TPSA) is 110 Å². The number of fused-ring (bicyclic) bond motifs is 1. The number of benzene rings is 1. The molecule has 1 aromatic rings. The van der Waals surface area contributed by atoms with Crippen LogP contribution in [-0.4, -0.2) is 40.1 Å². The summed E-state index contributed by atoms with van der Waals surface area (Å²) in [6.45, 7) is 0.123. The Morgan fingerprint density at radius 3 is 2.54 bits per heavy atom. The highest BCUT2D eigenvalue weighted by Gasteiger charge is 2.36. The van der Waals surface area contributed by atoms with Crippen LogP contribution in [0.2, 0.25) is 0 Å². The van der Waals surface area contributed by atoms with E-state index >= 15 is 0 Å². The normalized spacial score (nSPS) is 17.3. The predicted molar refractivity (Wildman–Crippen MR) is 92.7 cm³/mol. The minimum Gasteiger partial charge on any atom is -0.353 e. The Labute approximate surface area is 150 Å². The zero-order chi connectivity index (χ0) is 18.7. The van der Waals surface area contributed by atoms with Crippen LogP contribution >= 0.6 is 0 Å². The molecule has 1 aromatic carbocycles. The van der Waals surface area contributed by atoms with Gasteiger partial charge in [-0.05, 0) is 25.3 Å². The summed E-state index contributed by atoms with van der Waals surface area (Å²) in [5.74, 6) is -1.07. The van der Waals surface area contributed by atoms with Gasteiger partial charge in [0.25, 0.3) is 17.5 Å². The highest BCUT2D eigenvalue weighted by Crippen LogP contribution is 2.27. The molecule has 1 aliphatic carbocycles. The van der Waals surface area contributed by atoms with Gasteiger partial charge in [0.1, 0.15) is 0 Å². The molecule has 0 aromatic heterocycles. The van der Waals surface area contributed by atoms with Crippen LogP contribution in [0, 0.1) is 10.1 Å². The van der Waals surface area contributed by atoms with Crippen molar-refractivity contribution in [1.29, 1.82) is 0 Å². The van der Waals surface area contributed by atoms with Crippen molar-refractivity contribution in [2.24, 2.45) is 0 Å². The van der Waals surface area contributed by atoms with Crippen molar-refractivity contribution in [2.75, 3.05) is 6.54 Å². The van der Waals surface area contributed by atoms with Crippen LogP contribution in [0.25, 0.3) is 0 Å². The molecule has 0 bridgehead atoms. The van der Waals surface area contributed by atoms with Gasteiger partial charge in [-0.15, -0.1) is 0 Å². The van der Waals surface area contributed by atoms with E-state index in [1.54, 1.807) is 0 Å². The van der Waals surface area contributed by atoms with Gasteiger partial charge in [0.2, 0.25) is 5.91 Å². The summed E-state index contributed by atoms with van der Waals surface area (Å²) in [6, 6.07) is 3.89. The Morgan fingerprint density at radius 1 is 1.15 bits per heavy atom. The molecule has 1 aliphatic heterocycles. The van der Waals surface area contributed by atoms with Gasteiger partial charge >= 0.3 is 0 Å². The second kappa shape index (κ2) is 7.63. The number of imide groups is 1. The van der Waals surface area contributed by atoms with E-state index in [0.29, 0.717) is 6.42 Å². The second-order valence-electron chi connectivity index (χ2n) is 6.75. The minimum absolute atomic E-state index is 0.0517. The van der Waals surface area contributed by atoms with Crippen molar-refractivity contribution >= 4 is 23.4 Å². The van der Waals surface area contributed by atoms with Gasteiger partial charge in [0, 0.05) is 31.1 Å². The lowest BCUT2D eigenvalue weighted by Crippen LogP contribution is -2.37. The van der Waals surface area contributed by atoms with Crippen molar-refractivity contribution in [2.45, 2.75) is 51.0 Å². The SMILES string of the molecule is O=C(CCCN1C(=O)c2ccc([N+](=O)[O-])cc2C1=O)NC1CCCCC1. The highest BCUT2D eigenvalue weighted by atomic mass is 16.6. The van der Waals surface area contributed by atoms with E-state index in [0.717, 1.165) is 36.6 Å². The first-order chi connectivity index (χ1) is 12.5. The van der Waals surface area contributed by atoms with Gasteiger partial charge in [0.05, 0.1) is 16.1 Å². The summed E-state index contributed by atoms with van der Waals surface area (Å²) in [7, 11) is 0. The first-order valence-electron chi connectivity index (χ1n) is 8.91. The van der Waals surface area contributed by atoms with Crippen molar-refractivity contribution in [3.05, 3.63) is 39.4 Å². The van der Waals surface area contributed by atoms with Gasteiger partial charge in [0.15, 0.2) is 0 Å². The number of carbonyl (C=O) groups is 3. The Hall–Kier alpha value is -2.77. The van der Waals surface area contributed by atoms with Crippen molar-refractivity contribution in [3.63, 3.8) is 0 Å². The monoisotopic (exact) mass is 359 g/mol. The van der Waals surface area contributed by atoms with Crippen LogP contribution in [0.5, 0.6) is 0 Å². The first-order valence-corrected chi connectivity index (χ1v) is 8.91. The fourth-order valence-corrected chi connectivity index (χ4v) is 3.54. The summed E-state index contributed by atoms with van der Waals surface area (Å²) in [5, 5.41) is 13.8. The van der Waals surface area contributed by atoms with E-state index in [1.807, 2.05) is 0 Å². The number of nitrogens with zero attached hydrogens (tertiary/aromatic N) is 2. The summed E-state index contributed by atoms with van der Waals surface area (Å²) >= 11 is 0. The molecule has 0 radical (unpaired) electrons. The number of hydrogen-bond acceptors (Lipinski definition) is 5. The number of nitro benzene ring substituents is 1. The molecule has 0 spiro atoms. The number of carbonyl (C=O) groups excluding carboxylic acids is 3. The lowest BCUT2D eigenvalue weighted by Gasteiger charge is -2.23. The molecule has 0 atom stereocenters. The van der Waals surface area contributed by atoms with Gasteiger partial charge < -0.3 is 5.32 Å². The van der Waals surface area contributed by atoms with Gasteiger partial charge in [-0.1, -0.05) is 19.3 Å². The van der Waals surface area contributed by atoms with Crippen LogP contribution in [-0.2, 0) is 4.79 Å². The second-order valence-corrected chi connectivity index (χ2v) is 6.75. The lowest BCUT2D eigenvalue weighted by molar-refractivity contribution is -0.384. The van der Waals surface area contributed by atoms with Crippen molar-refractivity contribution < 1.29 is 19.3 Å². The van der Waals surface area contributed by atoms with Crippen LogP contribution in [0.3, 0.4) is 0 Å². The quantitative estimate of drug-likeness (QED) is 0.476. The summed E-state index contributed by atoms with van der Waals surface area (Å²) in [4.78, 5) is 48.0. The maximum absolute atomic E-state index is 12.4. The molecule has 1 saturated carbocycles. The van der Waals surface area contributed by atoms with Crippen molar-refractivity contribution in [1.82, 2.24) is 10.2 Å². The van der Waals surface area contributed by atoms with E-state index in [1.165, 1.54) is 18.6 Å². The molecule has 8 heteroatoms. The lowest BCUT2D eigenvalue weighted by atomic mass is 9.95. The van der Waals surface area contributed by atoms with Gasteiger partial charge in [-0.2, -0.15) is 0 Å². The maximum atomic E-state index is 12.4. The Bertz CT molecular complexity index is 755. The minimum atomic E-state index is -0.601. The standard InChI is InChI=1S/C18H21N3O5/c22-16(19-12-5-2-1-3-6-12)7-4-10-20-17(23)14-9-8-13(21(25)26)11-15(14)18(20)24/h8-9,11-12H,1-7,10H2,(H,19,22). The fourth-order valence-electron chi connectivity index (χ4n) is 3.54. The van der Waals surface area contributed by atoms with Crippen LogP contribution < -0.4 is 5.32 Å². The molecule has 26 heavy (non-hydrogen) atoms. The fraction of sp³-hybridized carbons (Fsp3) is 0.500. The molecule has 3 rings (SSSR count). The Balaban J connectivity index is 1.54. The zero-order valence-electron chi connectivity index (χ0n) is 14.4. The number of amides is 3. The largest absolute Gasteiger partial charge is 0.353 e. The molecule has 138 valence electrons. The number of hydrogen-bond donors (Lipinski definition) is 1. The average Bonchev–Trinajstić information content (AvgIpc) is 2.87. The smallest absolute Gasteiger partial charge is 0.270 e. The van der Waals surface area contributed by atoms with E-state index in [4.69, 9.17) is 0 Å². The van der Waals surface area contributed by atoms with Gasteiger partial charge in [-0.3, -0.25) is 29.4 Å². The number of rotatable bonds is 6. The molecule has 1 heterocycles. The van der Waals surface area contributed by atoms with Crippen molar-refractivity contribution in [3.8, 4) is 0 Å². The molecule has 3 amide bonds. The molecule has 1 N–H and O–H groups in total. The highest BCUT2D eigenvalue weighted by molar-refractivity contribution is 6.21. The van der Waals surface area contributed by atoms with Crippen LogP contribution in [0.15, 0.2) is 18.2 Å². The molecular formula is C18H21N3O5. The zero-order valence-corrected chi connectivity index (χ0v) is 14.4. The number of nitrogens with one attached hydrogen (secondary N) is 1. The average molecular weight is 359 g/mol. The molecule has 0 unspecified atom stereocenters. The maximum Gasteiger partial charge on any atom is 0.270 e. The summed E-state index contributed by atoms with van der Waals surface area (Å²) in [5.41, 5.74) is 0.00160. The third kappa shape index (κ3) is 3.74. The predicted octanol–water partition coefficient (Wildman–Crippen LogP) is 2.42. The van der Waals surface area contributed by atoms with E-state index in [9.17, 15) is 24.5 Å². The third-order valence-corrected chi connectivity index (χ3v) is 4.92. The van der Waals surface area contributed by atoms with E-state index < -0.39 is 16.7 Å². The first kappa shape index (κ1) is 18.0. The molecule has 0 saturated heterocycles. The molecule has 1 fully saturated rings. The Morgan fingerprint density at radius 2 is 1.85 bits per heavy atom. The number of non-ortho nitro benzene ring substituents is 1. The van der Waals surface area contributed by atoms with E-state index in [-0.39, 0.29) is 41.7 Å². The van der Waals surface area contributed by atoms with Crippen LogP contribution in [0.4, 0.5) is 5.69 Å². The molecule has 8 nitrogen and oxygen atoms in total. The Kier molecular flexibility index (Phi) is 5.29. The number of nitro groups is 1. The molecule has 2 aliphatic rings. The van der Waals surface area contributed by atoms with E-state index in [2.05, 4.69) is 5.32 Å².